The van der Waals surface area contributed by atoms with Crippen molar-refractivity contribution in [2.75, 3.05) is 5.32 Å². The van der Waals surface area contributed by atoms with Gasteiger partial charge in [0.25, 0.3) is 0 Å². The lowest BCUT2D eigenvalue weighted by molar-refractivity contribution is 0.468. The Kier molecular flexibility index (Phi) is 3.50. The van der Waals surface area contributed by atoms with Crippen molar-refractivity contribution in [2.24, 2.45) is 0 Å². The molecular weight excluding hydrogens is 233 g/mol. The van der Waals surface area contributed by atoms with Crippen LogP contribution in [0.5, 0.6) is 5.75 Å². The van der Waals surface area contributed by atoms with Crippen molar-refractivity contribution >= 4 is 5.69 Å². The number of aromatic nitrogens is 2. The third-order valence-corrected chi connectivity index (χ3v) is 2.57. The van der Waals surface area contributed by atoms with Gasteiger partial charge >= 0.3 is 0 Å². The first-order valence-corrected chi connectivity index (χ1v) is 5.81. The second-order valence-electron chi connectivity index (χ2n) is 4.47. The van der Waals surface area contributed by atoms with E-state index in [-0.39, 0.29) is 5.75 Å². The summed E-state index contributed by atoms with van der Waals surface area (Å²) in [6, 6.07) is 4.31. The van der Waals surface area contributed by atoms with Crippen LogP contribution in [-0.4, -0.2) is 14.9 Å². The zero-order valence-electron chi connectivity index (χ0n) is 10.4. The molecule has 2 N–H and O–H groups in total. The van der Waals surface area contributed by atoms with E-state index in [1.807, 2.05) is 24.7 Å². The molecule has 0 radical (unpaired) electrons. The molecule has 0 amide bonds. The first kappa shape index (κ1) is 12.4. The number of phenolic OH excluding ortho intramolecular Hbond substituents is 1. The third-order valence-electron chi connectivity index (χ3n) is 2.57. The monoisotopic (exact) mass is 249 g/mol. The topological polar surface area (TPSA) is 50.1 Å². The maximum Gasteiger partial charge on any atom is 0.127 e. The Labute approximate surface area is 105 Å². The summed E-state index contributed by atoms with van der Waals surface area (Å²) in [5.41, 5.74) is 1.55. The Bertz CT molecular complexity index is 517. The Morgan fingerprint density at radius 3 is 2.78 bits per heavy atom. The Morgan fingerprint density at radius 2 is 2.17 bits per heavy atom. The van der Waals surface area contributed by atoms with Crippen LogP contribution in [0.3, 0.4) is 0 Å². The van der Waals surface area contributed by atoms with Gasteiger partial charge in [0.15, 0.2) is 0 Å². The Morgan fingerprint density at radius 1 is 1.39 bits per heavy atom. The molecule has 0 aliphatic carbocycles. The average molecular weight is 249 g/mol. The van der Waals surface area contributed by atoms with Gasteiger partial charge in [0.2, 0.25) is 0 Å². The van der Waals surface area contributed by atoms with Crippen LogP contribution in [0.2, 0.25) is 0 Å². The molecule has 0 saturated heterocycles. The normalized spacial score (nSPS) is 10.9. The number of benzene rings is 1. The fraction of sp³-hybridized carbons (Fsp3) is 0.308. The Hall–Kier alpha value is -2.04. The maximum absolute atomic E-state index is 13.1. The van der Waals surface area contributed by atoms with Gasteiger partial charge in [-0.1, -0.05) is 0 Å². The molecule has 0 atom stereocenters. The molecule has 2 rings (SSSR count). The van der Waals surface area contributed by atoms with Crippen molar-refractivity contribution < 1.29 is 9.50 Å². The summed E-state index contributed by atoms with van der Waals surface area (Å²) < 4.78 is 14.9. The SMILES string of the molecule is CC(C)n1cc(NCc2cc(O)cc(F)c2)cn1. The zero-order chi connectivity index (χ0) is 13.1. The van der Waals surface area contributed by atoms with Crippen molar-refractivity contribution in [3.8, 4) is 5.75 Å². The van der Waals surface area contributed by atoms with Gasteiger partial charge in [-0.05, 0) is 31.5 Å². The minimum Gasteiger partial charge on any atom is -0.508 e. The largest absolute Gasteiger partial charge is 0.508 e. The second kappa shape index (κ2) is 5.08. The number of hydrogen-bond donors (Lipinski definition) is 2. The predicted octanol–water partition coefficient (Wildman–Crippen LogP) is 2.92. The van der Waals surface area contributed by atoms with E-state index in [4.69, 9.17) is 0 Å². The fourth-order valence-electron chi connectivity index (χ4n) is 1.65. The molecule has 0 bridgehead atoms. The molecule has 96 valence electrons. The van der Waals surface area contributed by atoms with Crippen molar-refractivity contribution in [1.29, 1.82) is 0 Å². The summed E-state index contributed by atoms with van der Waals surface area (Å²) in [4.78, 5) is 0. The van der Waals surface area contributed by atoms with Gasteiger partial charge in [-0.3, -0.25) is 4.68 Å². The fourth-order valence-corrected chi connectivity index (χ4v) is 1.65. The van der Waals surface area contributed by atoms with E-state index in [0.717, 1.165) is 11.8 Å². The lowest BCUT2D eigenvalue weighted by Gasteiger charge is -2.05. The molecule has 0 saturated carbocycles. The molecule has 2 aromatic rings. The number of phenols is 1. The Balaban J connectivity index is 2.02. The van der Waals surface area contributed by atoms with E-state index in [2.05, 4.69) is 10.4 Å². The van der Waals surface area contributed by atoms with Gasteiger partial charge in [-0.25, -0.2) is 4.39 Å². The standard InChI is InChI=1S/C13H16FN3O/c1-9(2)17-8-12(7-16-17)15-6-10-3-11(14)5-13(18)4-10/h3-5,7-9,15,18H,6H2,1-2H3. The number of hydrogen-bond acceptors (Lipinski definition) is 3. The summed E-state index contributed by atoms with van der Waals surface area (Å²) >= 11 is 0. The van der Waals surface area contributed by atoms with Gasteiger partial charge in [-0.2, -0.15) is 5.10 Å². The number of halogens is 1. The molecule has 0 fully saturated rings. The van der Waals surface area contributed by atoms with Crippen LogP contribution in [0.1, 0.15) is 25.5 Å². The molecule has 1 aromatic heterocycles. The van der Waals surface area contributed by atoms with E-state index in [1.165, 1.54) is 12.1 Å². The van der Waals surface area contributed by atoms with Gasteiger partial charge < -0.3 is 10.4 Å². The maximum atomic E-state index is 13.1. The number of nitrogens with one attached hydrogen (secondary N) is 1. The smallest absolute Gasteiger partial charge is 0.127 e. The van der Waals surface area contributed by atoms with Crippen molar-refractivity contribution in [1.82, 2.24) is 9.78 Å². The molecule has 0 aliphatic rings. The number of nitrogens with zero attached hydrogens (tertiary/aromatic N) is 2. The van der Waals surface area contributed by atoms with E-state index >= 15 is 0 Å². The summed E-state index contributed by atoms with van der Waals surface area (Å²) in [6.45, 7) is 4.53. The van der Waals surface area contributed by atoms with E-state index in [9.17, 15) is 9.50 Å². The zero-order valence-corrected chi connectivity index (χ0v) is 10.4. The van der Waals surface area contributed by atoms with E-state index < -0.39 is 5.82 Å². The summed E-state index contributed by atoms with van der Waals surface area (Å²) in [5, 5.41) is 16.6. The van der Waals surface area contributed by atoms with Crippen LogP contribution in [-0.2, 0) is 6.54 Å². The van der Waals surface area contributed by atoms with Crippen LogP contribution < -0.4 is 5.32 Å². The highest BCUT2D eigenvalue weighted by atomic mass is 19.1. The first-order chi connectivity index (χ1) is 8.54. The van der Waals surface area contributed by atoms with E-state index in [1.54, 1.807) is 6.20 Å². The number of rotatable bonds is 4. The lowest BCUT2D eigenvalue weighted by atomic mass is 10.2. The van der Waals surface area contributed by atoms with Crippen LogP contribution in [0, 0.1) is 5.82 Å². The summed E-state index contributed by atoms with van der Waals surface area (Å²) in [6.07, 6.45) is 3.61. The van der Waals surface area contributed by atoms with Gasteiger partial charge in [-0.15, -0.1) is 0 Å². The van der Waals surface area contributed by atoms with Gasteiger partial charge in [0.05, 0.1) is 11.9 Å². The van der Waals surface area contributed by atoms with Crippen LogP contribution in [0.25, 0.3) is 0 Å². The van der Waals surface area contributed by atoms with Gasteiger partial charge in [0.1, 0.15) is 11.6 Å². The summed E-state index contributed by atoms with van der Waals surface area (Å²) in [5.74, 6) is -0.505. The average Bonchev–Trinajstić information content (AvgIpc) is 2.73. The molecule has 0 unspecified atom stereocenters. The van der Waals surface area contributed by atoms with Crippen LogP contribution >= 0.6 is 0 Å². The molecule has 5 heteroatoms. The highest BCUT2D eigenvalue weighted by molar-refractivity contribution is 5.40. The molecule has 0 aliphatic heterocycles. The minimum atomic E-state index is -0.440. The molecular formula is C13H16FN3O. The second-order valence-corrected chi connectivity index (χ2v) is 4.47. The lowest BCUT2D eigenvalue weighted by Crippen LogP contribution is -2.01. The van der Waals surface area contributed by atoms with Crippen molar-refractivity contribution in [3.63, 3.8) is 0 Å². The quantitative estimate of drug-likeness (QED) is 0.876. The van der Waals surface area contributed by atoms with Crippen LogP contribution in [0.15, 0.2) is 30.6 Å². The first-order valence-electron chi connectivity index (χ1n) is 5.81. The van der Waals surface area contributed by atoms with Crippen LogP contribution in [0.4, 0.5) is 10.1 Å². The molecule has 0 spiro atoms. The summed E-state index contributed by atoms with van der Waals surface area (Å²) in [7, 11) is 0. The van der Waals surface area contributed by atoms with Gasteiger partial charge in [0, 0.05) is 24.8 Å². The van der Waals surface area contributed by atoms with Crippen molar-refractivity contribution in [3.05, 3.63) is 42.0 Å². The molecule has 4 nitrogen and oxygen atoms in total. The number of anilines is 1. The molecule has 1 aromatic carbocycles. The molecule has 1 heterocycles. The molecule has 18 heavy (non-hydrogen) atoms. The predicted molar refractivity (Wildman–Crippen MR) is 68.0 cm³/mol. The van der Waals surface area contributed by atoms with Crippen molar-refractivity contribution in [2.45, 2.75) is 26.4 Å². The highest BCUT2D eigenvalue weighted by Gasteiger charge is 2.03. The third kappa shape index (κ3) is 3.00. The highest BCUT2D eigenvalue weighted by Crippen LogP contribution is 2.16. The minimum absolute atomic E-state index is 0.0651. The van der Waals surface area contributed by atoms with E-state index in [0.29, 0.717) is 18.2 Å². The number of aromatic hydroxyl groups is 1.